The van der Waals surface area contributed by atoms with Gasteiger partial charge in [0, 0.05) is 6.54 Å². The molecule has 2 heterocycles. The number of carboxylic acids is 1. The van der Waals surface area contributed by atoms with Crippen molar-refractivity contribution in [2.24, 2.45) is 0 Å². The number of piperidine rings is 2. The topological polar surface area (TPSA) is 78.9 Å². The highest BCUT2D eigenvalue weighted by Gasteiger charge is 2.32. The lowest BCUT2D eigenvalue weighted by molar-refractivity contribution is -0.155. The summed E-state index contributed by atoms with van der Waals surface area (Å²) in [4.78, 5) is 24.7. The zero-order valence-electron chi connectivity index (χ0n) is 11.1. The number of likely N-dealkylation sites (tertiary alicyclic amines) is 1. The maximum atomic E-state index is 12.1. The SMILES string of the molecule is O=C(O)C1CCCCN1C(=O)COC1CCNCC1. The predicted octanol–water partition coefficient (Wildman–Crippen LogP) is 0.221. The Morgan fingerprint density at radius 3 is 2.63 bits per heavy atom. The molecule has 2 fully saturated rings. The summed E-state index contributed by atoms with van der Waals surface area (Å²) in [5, 5.41) is 12.4. The van der Waals surface area contributed by atoms with Crippen LogP contribution in [0.1, 0.15) is 32.1 Å². The molecule has 1 unspecified atom stereocenters. The molecule has 108 valence electrons. The van der Waals surface area contributed by atoms with Gasteiger partial charge in [-0.2, -0.15) is 0 Å². The molecular formula is C13H22N2O4. The van der Waals surface area contributed by atoms with Crippen molar-refractivity contribution in [2.45, 2.75) is 44.2 Å². The number of amides is 1. The van der Waals surface area contributed by atoms with E-state index in [1.54, 1.807) is 0 Å². The van der Waals surface area contributed by atoms with Gasteiger partial charge in [0.15, 0.2) is 0 Å². The van der Waals surface area contributed by atoms with Crippen molar-refractivity contribution in [3.8, 4) is 0 Å². The Morgan fingerprint density at radius 1 is 1.21 bits per heavy atom. The average molecular weight is 270 g/mol. The van der Waals surface area contributed by atoms with Crippen LogP contribution in [-0.4, -0.2) is 60.3 Å². The molecule has 2 aliphatic heterocycles. The summed E-state index contributed by atoms with van der Waals surface area (Å²) in [6.07, 6.45) is 4.25. The summed E-state index contributed by atoms with van der Waals surface area (Å²) in [7, 11) is 0. The second-order valence-electron chi connectivity index (χ2n) is 5.20. The fourth-order valence-electron chi connectivity index (χ4n) is 2.72. The molecule has 2 aliphatic rings. The van der Waals surface area contributed by atoms with Gasteiger partial charge in [-0.15, -0.1) is 0 Å². The van der Waals surface area contributed by atoms with E-state index in [9.17, 15) is 9.59 Å². The third-order valence-corrected chi connectivity index (χ3v) is 3.84. The smallest absolute Gasteiger partial charge is 0.326 e. The molecule has 0 aromatic carbocycles. The van der Waals surface area contributed by atoms with E-state index >= 15 is 0 Å². The number of nitrogens with one attached hydrogen (secondary N) is 1. The largest absolute Gasteiger partial charge is 0.480 e. The Balaban J connectivity index is 1.81. The molecular weight excluding hydrogens is 248 g/mol. The van der Waals surface area contributed by atoms with Crippen molar-refractivity contribution in [2.75, 3.05) is 26.2 Å². The highest BCUT2D eigenvalue weighted by molar-refractivity contribution is 5.84. The van der Waals surface area contributed by atoms with E-state index in [0.29, 0.717) is 13.0 Å². The van der Waals surface area contributed by atoms with E-state index in [-0.39, 0.29) is 18.6 Å². The first-order valence-corrected chi connectivity index (χ1v) is 7.03. The Hall–Kier alpha value is -1.14. The minimum atomic E-state index is -0.907. The average Bonchev–Trinajstić information content (AvgIpc) is 2.46. The summed E-state index contributed by atoms with van der Waals surface area (Å²) >= 11 is 0. The van der Waals surface area contributed by atoms with Crippen LogP contribution in [0.4, 0.5) is 0 Å². The molecule has 1 amide bonds. The number of carbonyl (C=O) groups is 2. The van der Waals surface area contributed by atoms with Crippen LogP contribution in [0, 0.1) is 0 Å². The van der Waals surface area contributed by atoms with Gasteiger partial charge >= 0.3 is 5.97 Å². The Labute approximate surface area is 113 Å². The van der Waals surface area contributed by atoms with Crippen molar-refractivity contribution in [3.05, 3.63) is 0 Å². The minimum Gasteiger partial charge on any atom is -0.480 e. The normalized spacial score (nSPS) is 25.3. The molecule has 6 nitrogen and oxygen atoms in total. The molecule has 19 heavy (non-hydrogen) atoms. The van der Waals surface area contributed by atoms with Crippen molar-refractivity contribution in [1.29, 1.82) is 0 Å². The van der Waals surface area contributed by atoms with Crippen LogP contribution in [0.15, 0.2) is 0 Å². The molecule has 0 bridgehead atoms. The van der Waals surface area contributed by atoms with E-state index in [2.05, 4.69) is 5.32 Å². The molecule has 6 heteroatoms. The zero-order valence-corrected chi connectivity index (χ0v) is 11.1. The van der Waals surface area contributed by atoms with Gasteiger partial charge in [0.1, 0.15) is 12.6 Å². The van der Waals surface area contributed by atoms with Crippen molar-refractivity contribution in [1.82, 2.24) is 10.2 Å². The zero-order chi connectivity index (χ0) is 13.7. The lowest BCUT2D eigenvalue weighted by Crippen LogP contribution is -2.49. The molecule has 2 rings (SSSR count). The molecule has 0 aromatic heterocycles. The van der Waals surface area contributed by atoms with Crippen molar-refractivity contribution >= 4 is 11.9 Å². The standard InChI is InChI=1S/C13H22N2O4/c16-12(9-19-10-4-6-14-7-5-10)15-8-2-1-3-11(15)13(17)18/h10-11,14H,1-9H2,(H,17,18). The van der Waals surface area contributed by atoms with Crippen LogP contribution in [0.2, 0.25) is 0 Å². The molecule has 0 spiro atoms. The first-order valence-electron chi connectivity index (χ1n) is 7.03. The second-order valence-corrected chi connectivity index (χ2v) is 5.20. The summed E-state index contributed by atoms with van der Waals surface area (Å²) in [6.45, 7) is 2.38. The van der Waals surface area contributed by atoms with Crippen LogP contribution in [-0.2, 0) is 14.3 Å². The molecule has 0 aliphatic carbocycles. The van der Waals surface area contributed by atoms with Gasteiger partial charge in [0.05, 0.1) is 6.10 Å². The highest BCUT2D eigenvalue weighted by Crippen LogP contribution is 2.18. The van der Waals surface area contributed by atoms with Crippen LogP contribution in [0.5, 0.6) is 0 Å². The summed E-state index contributed by atoms with van der Waals surface area (Å²) < 4.78 is 5.60. The maximum absolute atomic E-state index is 12.1. The summed E-state index contributed by atoms with van der Waals surface area (Å²) in [5.41, 5.74) is 0. The number of hydrogen-bond donors (Lipinski definition) is 2. The fourth-order valence-corrected chi connectivity index (χ4v) is 2.72. The van der Waals surface area contributed by atoms with Crippen molar-refractivity contribution in [3.63, 3.8) is 0 Å². The number of nitrogens with zero attached hydrogens (tertiary/aromatic N) is 1. The first kappa shape index (κ1) is 14.3. The van der Waals surface area contributed by atoms with E-state index in [1.165, 1.54) is 4.90 Å². The third-order valence-electron chi connectivity index (χ3n) is 3.84. The van der Waals surface area contributed by atoms with E-state index in [4.69, 9.17) is 9.84 Å². The molecule has 0 aromatic rings. The van der Waals surface area contributed by atoms with E-state index in [0.717, 1.165) is 38.8 Å². The number of carbonyl (C=O) groups excluding carboxylic acids is 1. The molecule has 0 saturated carbocycles. The number of aliphatic carboxylic acids is 1. The Kier molecular flexibility index (Phi) is 5.15. The van der Waals surface area contributed by atoms with Gasteiger partial charge in [0.2, 0.25) is 5.91 Å². The Bertz CT molecular complexity index is 329. The number of rotatable bonds is 4. The summed E-state index contributed by atoms with van der Waals surface area (Å²) in [5.74, 6) is -1.10. The van der Waals surface area contributed by atoms with Crippen LogP contribution >= 0.6 is 0 Å². The van der Waals surface area contributed by atoms with Crippen LogP contribution < -0.4 is 5.32 Å². The molecule has 1 atom stereocenters. The molecule has 0 radical (unpaired) electrons. The lowest BCUT2D eigenvalue weighted by atomic mass is 10.0. The van der Waals surface area contributed by atoms with Gasteiger partial charge in [-0.1, -0.05) is 0 Å². The van der Waals surface area contributed by atoms with Crippen LogP contribution in [0.3, 0.4) is 0 Å². The van der Waals surface area contributed by atoms with Crippen molar-refractivity contribution < 1.29 is 19.4 Å². The molecule has 2 N–H and O–H groups in total. The number of carboxylic acid groups (broad SMARTS) is 1. The van der Waals surface area contributed by atoms with Gasteiger partial charge in [0.25, 0.3) is 0 Å². The van der Waals surface area contributed by atoms with Gasteiger partial charge in [-0.3, -0.25) is 4.79 Å². The maximum Gasteiger partial charge on any atom is 0.326 e. The first-order chi connectivity index (χ1) is 9.18. The number of hydrogen-bond acceptors (Lipinski definition) is 4. The highest BCUT2D eigenvalue weighted by atomic mass is 16.5. The molecule has 2 saturated heterocycles. The van der Waals surface area contributed by atoms with E-state index in [1.807, 2.05) is 0 Å². The predicted molar refractivity (Wildman–Crippen MR) is 68.8 cm³/mol. The quantitative estimate of drug-likeness (QED) is 0.764. The van der Waals surface area contributed by atoms with Gasteiger partial charge < -0.3 is 20.1 Å². The number of ether oxygens (including phenoxy) is 1. The summed E-state index contributed by atoms with van der Waals surface area (Å²) in [6, 6.07) is -0.669. The van der Waals surface area contributed by atoms with Crippen LogP contribution in [0.25, 0.3) is 0 Å². The fraction of sp³-hybridized carbons (Fsp3) is 0.846. The van der Waals surface area contributed by atoms with Gasteiger partial charge in [-0.05, 0) is 45.2 Å². The second kappa shape index (κ2) is 6.86. The van der Waals surface area contributed by atoms with Gasteiger partial charge in [-0.25, -0.2) is 4.79 Å². The minimum absolute atomic E-state index is 0.00838. The van der Waals surface area contributed by atoms with E-state index < -0.39 is 12.0 Å². The Morgan fingerprint density at radius 2 is 1.95 bits per heavy atom. The monoisotopic (exact) mass is 270 g/mol. The third kappa shape index (κ3) is 3.91. The lowest BCUT2D eigenvalue weighted by Gasteiger charge is -2.33.